The first-order valence-electron chi connectivity index (χ1n) is 11.1. The van der Waals surface area contributed by atoms with Gasteiger partial charge in [-0.05, 0) is 61.5 Å². The molecule has 0 bridgehead atoms. The van der Waals surface area contributed by atoms with Gasteiger partial charge >= 0.3 is 5.97 Å². The molecule has 2 aromatic carbocycles. The average molecular weight is 467 g/mol. The Hall–Kier alpha value is -3.03. The zero-order valence-electron chi connectivity index (χ0n) is 18.6. The minimum Gasteiger partial charge on any atom is -0.465 e. The van der Waals surface area contributed by atoms with Gasteiger partial charge in [-0.15, -0.1) is 11.3 Å². The zero-order chi connectivity index (χ0) is 23.2. The topological polar surface area (TPSA) is 58.6 Å². The van der Waals surface area contributed by atoms with Gasteiger partial charge in [-0.25, -0.2) is 9.18 Å². The number of piperidine rings is 1. The Morgan fingerprint density at radius 2 is 1.79 bits per heavy atom. The Morgan fingerprint density at radius 1 is 1.09 bits per heavy atom. The van der Waals surface area contributed by atoms with E-state index in [1.165, 1.54) is 36.1 Å². The summed E-state index contributed by atoms with van der Waals surface area (Å²) < 4.78 is 18.3. The van der Waals surface area contributed by atoms with Crippen molar-refractivity contribution in [1.29, 1.82) is 0 Å². The van der Waals surface area contributed by atoms with E-state index < -0.39 is 5.97 Å². The summed E-state index contributed by atoms with van der Waals surface area (Å²) in [6.07, 6.45) is 3.19. The molecule has 5 nitrogen and oxygen atoms in total. The number of methoxy groups -OCH3 is 1. The molecule has 3 aromatic rings. The standard InChI is InChI=1S/C26H27FN2O3S/c1-32-26(31)24-22(20-7-9-21(27)10-8-20)17-33-25(24)28-23(30)16-29-13-11-19(12-14-29)15-18-5-3-2-4-6-18/h2-10,17,19H,11-16H2,1H3,(H,28,30). The van der Waals surface area contributed by atoms with E-state index in [1.54, 1.807) is 17.5 Å². The molecule has 0 radical (unpaired) electrons. The van der Waals surface area contributed by atoms with Crippen LogP contribution in [0.5, 0.6) is 0 Å². The number of carbonyl (C=O) groups excluding carboxylic acids is 2. The fourth-order valence-corrected chi connectivity index (χ4v) is 5.24. The predicted molar refractivity (Wildman–Crippen MR) is 129 cm³/mol. The summed E-state index contributed by atoms with van der Waals surface area (Å²) in [6.45, 7) is 2.03. The molecule has 1 N–H and O–H groups in total. The highest BCUT2D eigenvalue weighted by Crippen LogP contribution is 2.36. The van der Waals surface area contributed by atoms with Crippen LogP contribution in [0.3, 0.4) is 0 Å². The molecule has 172 valence electrons. The SMILES string of the molecule is COC(=O)c1c(-c2ccc(F)cc2)csc1NC(=O)CN1CCC(Cc2ccccc2)CC1. The summed E-state index contributed by atoms with van der Waals surface area (Å²) in [5.41, 5.74) is 2.96. The molecule has 1 saturated heterocycles. The largest absolute Gasteiger partial charge is 0.465 e. The lowest BCUT2D eigenvalue weighted by atomic mass is 9.90. The Bertz CT molecular complexity index is 1090. The second-order valence-electron chi connectivity index (χ2n) is 8.31. The number of anilines is 1. The summed E-state index contributed by atoms with van der Waals surface area (Å²) in [4.78, 5) is 27.4. The van der Waals surface area contributed by atoms with Crippen molar-refractivity contribution in [3.8, 4) is 11.1 Å². The van der Waals surface area contributed by atoms with E-state index in [0.717, 1.165) is 32.4 Å². The molecule has 1 amide bonds. The molecule has 7 heteroatoms. The van der Waals surface area contributed by atoms with Crippen molar-refractivity contribution in [3.63, 3.8) is 0 Å². The molecule has 0 aliphatic carbocycles. The lowest BCUT2D eigenvalue weighted by molar-refractivity contribution is -0.117. The first-order chi connectivity index (χ1) is 16.0. The molecule has 1 aromatic heterocycles. The first-order valence-corrected chi connectivity index (χ1v) is 11.9. The van der Waals surface area contributed by atoms with Crippen molar-refractivity contribution in [2.45, 2.75) is 19.3 Å². The minimum atomic E-state index is -0.535. The number of hydrogen-bond acceptors (Lipinski definition) is 5. The lowest BCUT2D eigenvalue weighted by Crippen LogP contribution is -2.39. The first kappa shape index (κ1) is 23.1. The maximum atomic E-state index is 13.3. The van der Waals surface area contributed by atoms with Crippen molar-refractivity contribution >= 4 is 28.2 Å². The zero-order valence-corrected chi connectivity index (χ0v) is 19.4. The van der Waals surface area contributed by atoms with Crippen molar-refractivity contribution in [3.05, 3.63) is 76.9 Å². The van der Waals surface area contributed by atoms with Crippen LogP contribution in [0, 0.1) is 11.7 Å². The molecule has 0 atom stereocenters. The van der Waals surface area contributed by atoms with Crippen LogP contribution in [0.4, 0.5) is 9.39 Å². The highest BCUT2D eigenvalue weighted by molar-refractivity contribution is 7.15. The van der Waals surface area contributed by atoms with Gasteiger partial charge in [-0.1, -0.05) is 42.5 Å². The molecule has 1 aliphatic heterocycles. The number of rotatable bonds is 7. The van der Waals surface area contributed by atoms with Crippen LogP contribution in [0.2, 0.25) is 0 Å². The quantitative estimate of drug-likeness (QED) is 0.484. The van der Waals surface area contributed by atoms with Crippen LogP contribution in [0.25, 0.3) is 11.1 Å². The third-order valence-electron chi connectivity index (χ3n) is 6.03. The Morgan fingerprint density at radius 3 is 2.45 bits per heavy atom. The number of likely N-dealkylation sites (tertiary alicyclic amines) is 1. The molecular weight excluding hydrogens is 439 g/mol. The van der Waals surface area contributed by atoms with Crippen LogP contribution in [-0.4, -0.2) is 43.5 Å². The number of hydrogen-bond donors (Lipinski definition) is 1. The number of amides is 1. The van der Waals surface area contributed by atoms with E-state index in [1.807, 2.05) is 6.07 Å². The van der Waals surface area contributed by atoms with Crippen LogP contribution >= 0.6 is 11.3 Å². The Labute approximate surface area is 197 Å². The second-order valence-corrected chi connectivity index (χ2v) is 9.19. The van der Waals surface area contributed by atoms with Gasteiger partial charge in [0.05, 0.1) is 13.7 Å². The van der Waals surface area contributed by atoms with E-state index in [9.17, 15) is 14.0 Å². The van der Waals surface area contributed by atoms with E-state index in [2.05, 4.69) is 34.5 Å². The van der Waals surface area contributed by atoms with E-state index in [0.29, 0.717) is 27.6 Å². The molecule has 4 rings (SSSR count). The van der Waals surface area contributed by atoms with E-state index in [-0.39, 0.29) is 18.3 Å². The lowest BCUT2D eigenvalue weighted by Gasteiger charge is -2.31. The van der Waals surface area contributed by atoms with Gasteiger partial charge in [0.2, 0.25) is 5.91 Å². The fraction of sp³-hybridized carbons (Fsp3) is 0.308. The third-order valence-corrected chi connectivity index (χ3v) is 6.93. The minimum absolute atomic E-state index is 0.158. The number of halogens is 1. The fourth-order valence-electron chi connectivity index (χ4n) is 4.26. The normalized spacial score (nSPS) is 14.7. The maximum Gasteiger partial charge on any atom is 0.341 e. The van der Waals surface area contributed by atoms with Gasteiger partial charge in [-0.3, -0.25) is 9.69 Å². The molecule has 0 saturated carbocycles. The monoisotopic (exact) mass is 466 g/mol. The third kappa shape index (κ3) is 5.86. The molecule has 2 heterocycles. The molecule has 33 heavy (non-hydrogen) atoms. The number of carbonyl (C=O) groups is 2. The summed E-state index contributed by atoms with van der Waals surface area (Å²) in [6, 6.07) is 16.4. The highest BCUT2D eigenvalue weighted by Gasteiger charge is 2.25. The van der Waals surface area contributed by atoms with Crippen molar-refractivity contribution < 1.29 is 18.7 Å². The van der Waals surface area contributed by atoms with Gasteiger partial charge in [-0.2, -0.15) is 0 Å². The van der Waals surface area contributed by atoms with Crippen molar-refractivity contribution in [2.24, 2.45) is 5.92 Å². The predicted octanol–water partition coefficient (Wildman–Crippen LogP) is 5.23. The molecule has 1 fully saturated rings. The molecule has 0 unspecified atom stereocenters. The smallest absolute Gasteiger partial charge is 0.341 e. The van der Waals surface area contributed by atoms with Crippen LogP contribution < -0.4 is 5.32 Å². The summed E-state index contributed by atoms with van der Waals surface area (Å²) in [5, 5.41) is 5.12. The van der Waals surface area contributed by atoms with Gasteiger partial charge < -0.3 is 10.1 Å². The van der Waals surface area contributed by atoms with Crippen LogP contribution in [-0.2, 0) is 16.0 Å². The maximum absolute atomic E-state index is 13.3. The number of ether oxygens (including phenoxy) is 1. The van der Waals surface area contributed by atoms with Gasteiger partial charge in [0.1, 0.15) is 16.4 Å². The van der Waals surface area contributed by atoms with Gasteiger partial charge in [0.15, 0.2) is 0 Å². The second kappa shape index (κ2) is 10.7. The van der Waals surface area contributed by atoms with Crippen LogP contribution in [0.1, 0.15) is 28.8 Å². The summed E-state index contributed by atoms with van der Waals surface area (Å²) >= 11 is 1.27. The van der Waals surface area contributed by atoms with Crippen molar-refractivity contribution in [1.82, 2.24) is 4.90 Å². The van der Waals surface area contributed by atoms with Gasteiger partial charge in [0.25, 0.3) is 0 Å². The Balaban J connectivity index is 1.37. The number of esters is 1. The molecule has 1 aliphatic rings. The molecule has 0 spiro atoms. The van der Waals surface area contributed by atoms with E-state index in [4.69, 9.17) is 4.74 Å². The molecular formula is C26H27FN2O3S. The average Bonchev–Trinajstić information content (AvgIpc) is 3.24. The summed E-state index contributed by atoms with van der Waals surface area (Å²) in [7, 11) is 1.31. The number of thiophene rings is 1. The Kier molecular flexibility index (Phi) is 7.52. The number of nitrogens with one attached hydrogen (secondary N) is 1. The summed E-state index contributed by atoms with van der Waals surface area (Å²) in [5.74, 6) is -0.412. The van der Waals surface area contributed by atoms with E-state index >= 15 is 0 Å². The van der Waals surface area contributed by atoms with Crippen molar-refractivity contribution in [2.75, 3.05) is 32.1 Å². The van der Waals surface area contributed by atoms with Gasteiger partial charge in [0, 0.05) is 10.9 Å². The number of nitrogens with zero attached hydrogens (tertiary/aromatic N) is 1. The van der Waals surface area contributed by atoms with Crippen LogP contribution in [0.15, 0.2) is 60.0 Å². The number of benzene rings is 2. The highest BCUT2D eigenvalue weighted by atomic mass is 32.1.